The van der Waals surface area contributed by atoms with Gasteiger partial charge in [0.2, 0.25) is 0 Å². The second-order valence-corrected chi connectivity index (χ2v) is 5.03. The number of benzene rings is 1. The minimum absolute atomic E-state index is 0.258. The summed E-state index contributed by atoms with van der Waals surface area (Å²) in [6.45, 7) is 0. The van der Waals surface area contributed by atoms with Gasteiger partial charge in [-0.2, -0.15) is 0 Å². The van der Waals surface area contributed by atoms with Crippen molar-refractivity contribution in [1.29, 1.82) is 0 Å². The molecule has 0 saturated carbocycles. The Labute approximate surface area is 127 Å². The van der Waals surface area contributed by atoms with Crippen LogP contribution in [0.3, 0.4) is 0 Å². The van der Waals surface area contributed by atoms with E-state index in [-0.39, 0.29) is 10.7 Å². The molecule has 0 saturated heterocycles. The van der Waals surface area contributed by atoms with E-state index >= 15 is 0 Å². The lowest BCUT2D eigenvalue weighted by Gasteiger charge is -2.14. The molecule has 0 heterocycles. The van der Waals surface area contributed by atoms with Crippen LogP contribution in [-0.2, 0) is 9.59 Å². The van der Waals surface area contributed by atoms with Gasteiger partial charge in [0.15, 0.2) is 0 Å². The molecule has 108 valence electrons. The molecular weight excluding hydrogens is 355 g/mol. The highest BCUT2D eigenvalue weighted by Gasteiger charge is 2.23. The van der Waals surface area contributed by atoms with Crippen LogP contribution < -0.4 is 10.6 Å². The van der Waals surface area contributed by atoms with E-state index in [1.54, 1.807) is 6.07 Å². The van der Waals surface area contributed by atoms with Gasteiger partial charge in [0.05, 0.1) is 17.1 Å². The van der Waals surface area contributed by atoms with Crippen molar-refractivity contribution in [1.82, 2.24) is 5.32 Å². The first-order valence-corrected chi connectivity index (χ1v) is 6.44. The van der Waals surface area contributed by atoms with Crippen LogP contribution in [0.5, 0.6) is 0 Å². The van der Waals surface area contributed by atoms with Gasteiger partial charge in [0.1, 0.15) is 6.04 Å². The molecule has 0 aliphatic heterocycles. The van der Waals surface area contributed by atoms with Gasteiger partial charge in [-0.05, 0) is 18.2 Å². The first-order valence-electron chi connectivity index (χ1n) is 5.26. The molecule has 1 aromatic rings. The lowest BCUT2D eigenvalue weighted by Crippen LogP contribution is -2.44. The third-order valence-corrected chi connectivity index (χ3v) is 2.98. The van der Waals surface area contributed by atoms with Crippen LogP contribution in [0.15, 0.2) is 22.7 Å². The number of anilines is 1. The Hall–Kier alpha value is -1.80. The predicted molar refractivity (Wildman–Crippen MR) is 75.0 cm³/mol. The lowest BCUT2D eigenvalue weighted by atomic mass is 10.2. The van der Waals surface area contributed by atoms with E-state index in [4.69, 9.17) is 21.8 Å². The Morgan fingerprint density at radius 2 is 1.95 bits per heavy atom. The van der Waals surface area contributed by atoms with E-state index in [0.717, 1.165) is 0 Å². The van der Waals surface area contributed by atoms with Crippen molar-refractivity contribution in [2.24, 2.45) is 0 Å². The molecule has 1 unspecified atom stereocenters. The number of amides is 2. The number of hydrogen-bond acceptors (Lipinski definition) is 3. The third-order valence-electron chi connectivity index (χ3n) is 2.16. The highest BCUT2D eigenvalue weighted by atomic mass is 79.9. The molecule has 0 spiro atoms. The Bertz CT molecular complexity index is 552. The van der Waals surface area contributed by atoms with Crippen LogP contribution in [0.1, 0.15) is 6.42 Å². The van der Waals surface area contributed by atoms with E-state index in [1.807, 2.05) is 5.32 Å². The average Bonchev–Trinajstić information content (AvgIpc) is 2.32. The maximum absolute atomic E-state index is 11.6. The van der Waals surface area contributed by atoms with E-state index in [2.05, 4.69) is 21.2 Å². The summed E-state index contributed by atoms with van der Waals surface area (Å²) in [7, 11) is 0. The van der Waals surface area contributed by atoms with Crippen molar-refractivity contribution in [3.63, 3.8) is 0 Å². The number of urea groups is 1. The minimum Gasteiger partial charge on any atom is -0.481 e. The maximum Gasteiger partial charge on any atom is 0.326 e. The van der Waals surface area contributed by atoms with E-state index in [0.29, 0.717) is 4.47 Å². The number of carboxylic acids is 2. The smallest absolute Gasteiger partial charge is 0.326 e. The quantitative estimate of drug-likeness (QED) is 0.638. The fourth-order valence-electron chi connectivity index (χ4n) is 1.28. The van der Waals surface area contributed by atoms with E-state index in [9.17, 15) is 14.4 Å². The monoisotopic (exact) mass is 364 g/mol. The van der Waals surface area contributed by atoms with Gasteiger partial charge in [-0.1, -0.05) is 27.5 Å². The standard InChI is InChI=1S/C11H10BrClN2O5/c12-5-1-2-6(13)7(3-5)14-11(20)15-8(10(18)19)4-9(16)17/h1-3,8H,4H2,(H,16,17)(H,18,19)(H2,14,15,20). The Morgan fingerprint density at radius 1 is 1.30 bits per heavy atom. The molecule has 0 aliphatic carbocycles. The number of hydrogen-bond donors (Lipinski definition) is 4. The number of carbonyl (C=O) groups is 3. The minimum atomic E-state index is -1.53. The molecular formula is C11H10BrClN2O5. The van der Waals surface area contributed by atoms with Gasteiger partial charge in [-0.25, -0.2) is 9.59 Å². The van der Waals surface area contributed by atoms with Crippen LogP contribution in [0.2, 0.25) is 5.02 Å². The van der Waals surface area contributed by atoms with Crippen molar-refractivity contribution in [3.8, 4) is 0 Å². The molecule has 20 heavy (non-hydrogen) atoms. The molecule has 9 heteroatoms. The molecule has 0 fully saturated rings. The van der Waals surface area contributed by atoms with Crippen molar-refractivity contribution in [2.45, 2.75) is 12.5 Å². The van der Waals surface area contributed by atoms with Gasteiger partial charge in [0.25, 0.3) is 0 Å². The molecule has 1 aromatic carbocycles. The molecule has 0 aromatic heterocycles. The highest BCUT2D eigenvalue weighted by molar-refractivity contribution is 9.10. The number of carboxylic acid groups (broad SMARTS) is 2. The van der Waals surface area contributed by atoms with E-state index < -0.39 is 30.4 Å². The summed E-state index contributed by atoms with van der Waals surface area (Å²) in [6.07, 6.45) is -0.727. The zero-order chi connectivity index (χ0) is 15.3. The van der Waals surface area contributed by atoms with Gasteiger partial charge in [-0.3, -0.25) is 4.79 Å². The fraction of sp³-hybridized carbons (Fsp3) is 0.182. The summed E-state index contributed by atoms with van der Waals surface area (Å²) in [4.78, 5) is 32.9. The first-order chi connectivity index (χ1) is 9.29. The molecule has 2 amide bonds. The summed E-state index contributed by atoms with van der Waals surface area (Å²) in [5.74, 6) is -2.78. The molecule has 1 rings (SSSR count). The maximum atomic E-state index is 11.6. The Morgan fingerprint density at radius 3 is 2.50 bits per heavy atom. The van der Waals surface area contributed by atoms with Gasteiger partial charge >= 0.3 is 18.0 Å². The fourth-order valence-corrected chi connectivity index (χ4v) is 1.81. The number of nitrogens with one attached hydrogen (secondary N) is 2. The predicted octanol–water partition coefficient (Wildman–Crippen LogP) is 2.15. The van der Waals surface area contributed by atoms with Crippen molar-refractivity contribution in [2.75, 3.05) is 5.32 Å². The summed E-state index contributed by atoms with van der Waals surface area (Å²) in [5, 5.41) is 22.0. The van der Waals surface area contributed by atoms with Crippen molar-refractivity contribution >= 4 is 51.2 Å². The van der Waals surface area contributed by atoms with Crippen LogP contribution in [0, 0.1) is 0 Å². The second-order valence-electron chi connectivity index (χ2n) is 3.71. The molecule has 0 radical (unpaired) electrons. The molecule has 4 N–H and O–H groups in total. The number of halogens is 2. The van der Waals surface area contributed by atoms with Crippen LogP contribution >= 0.6 is 27.5 Å². The molecule has 7 nitrogen and oxygen atoms in total. The number of rotatable bonds is 5. The zero-order valence-electron chi connectivity index (χ0n) is 9.89. The second kappa shape index (κ2) is 7.11. The number of carbonyl (C=O) groups excluding carboxylic acids is 1. The zero-order valence-corrected chi connectivity index (χ0v) is 12.2. The highest BCUT2D eigenvalue weighted by Crippen LogP contribution is 2.25. The molecule has 0 aliphatic rings. The Balaban J connectivity index is 2.72. The third kappa shape index (κ3) is 5.06. The summed E-state index contributed by atoms with van der Waals surface area (Å²) in [6, 6.07) is 2.33. The molecule has 0 bridgehead atoms. The SMILES string of the molecule is O=C(O)CC(NC(=O)Nc1cc(Br)ccc1Cl)C(=O)O. The topological polar surface area (TPSA) is 116 Å². The van der Waals surface area contributed by atoms with Crippen LogP contribution in [-0.4, -0.2) is 34.2 Å². The summed E-state index contributed by atoms with van der Waals surface area (Å²) >= 11 is 9.04. The van der Waals surface area contributed by atoms with Crippen molar-refractivity contribution < 1.29 is 24.6 Å². The number of aliphatic carboxylic acids is 2. The normalized spacial score (nSPS) is 11.5. The largest absolute Gasteiger partial charge is 0.481 e. The lowest BCUT2D eigenvalue weighted by molar-refractivity contribution is -0.145. The van der Waals surface area contributed by atoms with Gasteiger partial charge in [0, 0.05) is 4.47 Å². The summed E-state index contributed by atoms with van der Waals surface area (Å²) in [5.41, 5.74) is 0.262. The molecule has 1 atom stereocenters. The Kier molecular flexibility index (Phi) is 5.78. The van der Waals surface area contributed by atoms with Crippen LogP contribution in [0.25, 0.3) is 0 Å². The average molecular weight is 366 g/mol. The first kappa shape index (κ1) is 16.3. The van der Waals surface area contributed by atoms with Gasteiger partial charge < -0.3 is 20.8 Å². The van der Waals surface area contributed by atoms with Crippen molar-refractivity contribution in [3.05, 3.63) is 27.7 Å². The summed E-state index contributed by atoms with van der Waals surface area (Å²) < 4.78 is 0.664. The van der Waals surface area contributed by atoms with E-state index in [1.165, 1.54) is 12.1 Å². The van der Waals surface area contributed by atoms with Gasteiger partial charge in [-0.15, -0.1) is 0 Å². The van der Waals surface area contributed by atoms with Crippen LogP contribution in [0.4, 0.5) is 10.5 Å².